The molecule has 2 aromatic rings. The number of urea groups is 1. The Balaban J connectivity index is 1.87. The molecule has 0 spiro atoms. The van der Waals surface area contributed by atoms with Gasteiger partial charge >= 0.3 is 6.03 Å². The maximum absolute atomic E-state index is 11.0. The minimum Gasteiger partial charge on any atom is -0.352 e. The predicted octanol–water partition coefficient (Wildman–Crippen LogP) is 4.57. The number of hydrogen-bond acceptors (Lipinski definition) is 3. The van der Waals surface area contributed by atoms with Crippen molar-refractivity contribution in [3.05, 3.63) is 24.0 Å². The summed E-state index contributed by atoms with van der Waals surface area (Å²) in [7, 11) is 0. The monoisotopic (exact) mass is 388 g/mol. The summed E-state index contributed by atoms with van der Waals surface area (Å²) in [6.45, 7) is 12.6. The van der Waals surface area contributed by atoms with E-state index in [1.165, 1.54) is 24.2 Å². The molecule has 0 radical (unpaired) electrons. The van der Waals surface area contributed by atoms with Gasteiger partial charge in [0.15, 0.2) is 0 Å². The fraction of sp³-hybridized carbons (Fsp3) is 0.619. The second kappa shape index (κ2) is 7.38. The molecule has 0 bridgehead atoms. The van der Waals surface area contributed by atoms with Gasteiger partial charge in [0.1, 0.15) is 5.82 Å². The molecule has 1 heterocycles. The quantitative estimate of drug-likeness (QED) is 0.682. The number of rotatable bonds is 7. The highest BCUT2D eigenvalue weighted by Crippen LogP contribution is 2.36. The first-order chi connectivity index (χ1) is 12.5. The molecule has 1 aliphatic carbocycles. The molecule has 6 heteroatoms. The summed E-state index contributed by atoms with van der Waals surface area (Å²) < 4.78 is 2.29. The van der Waals surface area contributed by atoms with E-state index in [4.69, 9.17) is 10.7 Å². The molecule has 0 unspecified atom stereocenters. The van der Waals surface area contributed by atoms with Crippen LogP contribution in [0, 0.1) is 11.3 Å². The van der Waals surface area contributed by atoms with Crippen molar-refractivity contribution in [1.82, 2.24) is 14.9 Å². The fourth-order valence-corrected chi connectivity index (χ4v) is 4.34. The van der Waals surface area contributed by atoms with Crippen molar-refractivity contribution in [1.29, 1.82) is 0 Å². The van der Waals surface area contributed by atoms with E-state index < -0.39 is 6.03 Å². The van der Waals surface area contributed by atoms with E-state index >= 15 is 0 Å². The molecule has 0 saturated heterocycles. The summed E-state index contributed by atoms with van der Waals surface area (Å²) in [6, 6.07) is 6.08. The average molecular weight is 389 g/mol. The summed E-state index contributed by atoms with van der Waals surface area (Å²) in [5.41, 5.74) is 7.72. The van der Waals surface area contributed by atoms with Crippen LogP contribution in [0.2, 0.25) is 0 Å². The Morgan fingerprint density at radius 3 is 2.59 bits per heavy atom. The summed E-state index contributed by atoms with van der Waals surface area (Å²) in [5.74, 6) is 2.01. The summed E-state index contributed by atoms with van der Waals surface area (Å²) in [5, 5.41) is 2.71. The number of primary amides is 1. The minimum absolute atomic E-state index is 0.145. The number of thioether (sulfide) groups is 1. The highest BCUT2D eigenvalue weighted by Gasteiger charge is 2.26. The van der Waals surface area contributed by atoms with Gasteiger partial charge in [-0.15, -0.1) is 11.8 Å². The van der Waals surface area contributed by atoms with Crippen LogP contribution >= 0.6 is 11.8 Å². The number of hydrogen-bond donors (Lipinski definition) is 2. The van der Waals surface area contributed by atoms with Crippen molar-refractivity contribution in [3.8, 4) is 0 Å². The number of carbonyl (C=O) groups excluding carboxylic acids is 1. The number of amides is 2. The summed E-state index contributed by atoms with van der Waals surface area (Å²) in [4.78, 5) is 17.2. The maximum Gasteiger partial charge on any atom is 0.312 e. The second-order valence-corrected chi connectivity index (χ2v) is 11.3. The molecule has 1 saturated carbocycles. The molecular weight excluding hydrogens is 356 g/mol. The van der Waals surface area contributed by atoms with Gasteiger partial charge in [0, 0.05) is 29.2 Å². The molecule has 5 nitrogen and oxygen atoms in total. The van der Waals surface area contributed by atoms with Crippen LogP contribution in [-0.4, -0.2) is 26.9 Å². The molecule has 1 aliphatic rings. The first-order valence-electron chi connectivity index (χ1n) is 9.74. The molecule has 1 aromatic carbocycles. The Morgan fingerprint density at radius 1 is 1.30 bits per heavy atom. The highest BCUT2D eigenvalue weighted by atomic mass is 32.2. The normalized spacial score (nSPS) is 15.3. The lowest BCUT2D eigenvalue weighted by Crippen LogP contribution is -2.39. The molecule has 0 atom stereocenters. The van der Waals surface area contributed by atoms with Crippen molar-refractivity contribution >= 4 is 28.8 Å². The van der Waals surface area contributed by atoms with Crippen LogP contribution in [0.25, 0.3) is 11.0 Å². The SMILES string of the molecule is CC(C)(C)Cc1nc2cc(SC(C)(C)CNC(N)=O)ccc2n1CC1CC1. The van der Waals surface area contributed by atoms with Gasteiger partial charge in [0.25, 0.3) is 0 Å². The number of aromatic nitrogens is 2. The van der Waals surface area contributed by atoms with Crippen LogP contribution in [0.15, 0.2) is 23.1 Å². The fourth-order valence-electron chi connectivity index (χ4n) is 3.25. The van der Waals surface area contributed by atoms with E-state index in [1.807, 2.05) is 0 Å². The number of fused-ring (bicyclic) bond motifs is 1. The smallest absolute Gasteiger partial charge is 0.312 e. The van der Waals surface area contributed by atoms with Gasteiger partial charge in [-0.25, -0.2) is 9.78 Å². The van der Waals surface area contributed by atoms with Crippen LogP contribution in [0.1, 0.15) is 53.3 Å². The lowest BCUT2D eigenvalue weighted by molar-refractivity contribution is 0.248. The van der Waals surface area contributed by atoms with E-state index in [1.54, 1.807) is 11.8 Å². The van der Waals surface area contributed by atoms with Crippen molar-refractivity contribution < 1.29 is 4.79 Å². The number of carbonyl (C=O) groups is 1. The number of nitrogens with two attached hydrogens (primary N) is 1. The third-order valence-electron chi connectivity index (χ3n) is 4.71. The Kier molecular flexibility index (Phi) is 5.48. The number of imidazole rings is 1. The Hall–Kier alpha value is -1.69. The first-order valence-corrected chi connectivity index (χ1v) is 10.6. The van der Waals surface area contributed by atoms with Gasteiger partial charge < -0.3 is 15.6 Å². The lowest BCUT2D eigenvalue weighted by atomic mass is 9.92. The zero-order valence-electron chi connectivity index (χ0n) is 17.1. The molecule has 148 valence electrons. The van der Waals surface area contributed by atoms with Crippen molar-refractivity contribution in [2.75, 3.05) is 6.54 Å². The largest absolute Gasteiger partial charge is 0.352 e. The van der Waals surface area contributed by atoms with Crippen LogP contribution in [-0.2, 0) is 13.0 Å². The minimum atomic E-state index is -0.482. The topological polar surface area (TPSA) is 72.9 Å². The first kappa shape index (κ1) is 20.1. The van der Waals surface area contributed by atoms with E-state index in [9.17, 15) is 4.79 Å². The zero-order valence-corrected chi connectivity index (χ0v) is 17.9. The average Bonchev–Trinajstić information content (AvgIpc) is 3.28. The van der Waals surface area contributed by atoms with Gasteiger partial charge in [0.05, 0.1) is 11.0 Å². The van der Waals surface area contributed by atoms with Gasteiger partial charge in [-0.2, -0.15) is 0 Å². The van der Waals surface area contributed by atoms with Crippen molar-refractivity contribution in [2.24, 2.45) is 17.1 Å². The number of nitrogens with zero attached hydrogens (tertiary/aromatic N) is 2. The lowest BCUT2D eigenvalue weighted by Gasteiger charge is -2.24. The Morgan fingerprint density at radius 2 is 2.00 bits per heavy atom. The van der Waals surface area contributed by atoms with Crippen molar-refractivity contribution in [3.63, 3.8) is 0 Å². The van der Waals surface area contributed by atoms with E-state index in [-0.39, 0.29) is 10.2 Å². The van der Waals surface area contributed by atoms with Gasteiger partial charge in [-0.05, 0) is 56.2 Å². The molecule has 1 fully saturated rings. The standard InChI is InChI=1S/C21H32N4OS/c1-20(2,3)11-18-24-16-10-15(27-21(4,5)13-23-19(22)26)8-9-17(16)25(18)12-14-6-7-14/h8-10,14H,6-7,11-13H2,1-5H3,(H3,22,23,26). The zero-order chi connectivity index (χ0) is 19.8. The second-order valence-electron chi connectivity index (χ2n) is 9.55. The van der Waals surface area contributed by atoms with E-state index in [0.717, 1.165) is 29.3 Å². The van der Waals surface area contributed by atoms with Gasteiger partial charge in [-0.3, -0.25) is 0 Å². The number of nitrogens with one attached hydrogen (secondary N) is 1. The maximum atomic E-state index is 11.0. The van der Waals surface area contributed by atoms with Gasteiger partial charge in [-0.1, -0.05) is 20.8 Å². The van der Waals surface area contributed by atoms with Crippen LogP contribution in [0.3, 0.4) is 0 Å². The third-order valence-corrected chi connectivity index (χ3v) is 5.89. The summed E-state index contributed by atoms with van der Waals surface area (Å²) >= 11 is 1.74. The van der Waals surface area contributed by atoms with Crippen LogP contribution in [0.5, 0.6) is 0 Å². The molecule has 3 rings (SSSR count). The Labute approximate surface area is 166 Å². The highest BCUT2D eigenvalue weighted by molar-refractivity contribution is 8.00. The van der Waals surface area contributed by atoms with Crippen LogP contribution in [0.4, 0.5) is 4.79 Å². The molecule has 27 heavy (non-hydrogen) atoms. The van der Waals surface area contributed by atoms with Gasteiger partial charge in [0.2, 0.25) is 0 Å². The molecule has 2 amide bonds. The third kappa shape index (κ3) is 5.64. The Bertz CT molecular complexity index is 831. The predicted molar refractivity (Wildman–Crippen MR) is 113 cm³/mol. The molecule has 0 aliphatic heterocycles. The van der Waals surface area contributed by atoms with Crippen LogP contribution < -0.4 is 11.1 Å². The molecule has 3 N–H and O–H groups in total. The van der Waals surface area contributed by atoms with Crippen molar-refractivity contribution in [2.45, 2.75) is 70.1 Å². The molecule has 1 aromatic heterocycles. The summed E-state index contributed by atoms with van der Waals surface area (Å²) in [6.07, 6.45) is 3.65. The van der Waals surface area contributed by atoms with E-state index in [0.29, 0.717) is 6.54 Å². The van der Waals surface area contributed by atoms with E-state index in [2.05, 4.69) is 62.7 Å². The number of benzene rings is 1. The molecular formula is C21H32N4OS.